The van der Waals surface area contributed by atoms with Crippen molar-refractivity contribution in [3.63, 3.8) is 0 Å². The molecule has 0 saturated heterocycles. The molecule has 0 fully saturated rings. The van der Waals surface area contributed by atoms with E-state index in [2.05, 4.69) is 26.0 Å². The molecule has 1 aliphatic heterocycles. The number of aliphatic imine (C=N–C) groups is 2. The summed E-state index contributed by atoms with van der Waals surface area (Å²) in [4.78, 5) is 9.55. The minimum Gasteiger partial charge on any atom is -0.250 e. The highest BCUT2D eigenvalue weighted by Crippen LogP contribution is 2.35. The number of benzene rings is 2. The Balaban J connectivity index is 2.15. The van der Waals surface area contributed by atoms with E-state index in [-0.39, 0.29) is 5.82 Å². The molecular formula is C18H17FN2S. The van der Waals surface area contributed by atoms with Gasteiger partial charge in [0.1, 0.15) is 5.82 Å². The number of nitrogens with zero attached hydrogens (tertiary/aromatic N) is 2. The summed E-state index contributed by atoms with van der Waals surface area (Å²) in [6.07, 6.45) is 2.69. The van der Waals surface area contributed by atoms with Crippen LogP contribution in [-0.4, -0.2) is 17.0 Å². The summed E-state index contributed by atoms with van der Waals surface area (Å²) in [5.41, 5.74) is 6.06. The standard InChI is InChI=1S/C18H17FN2S/c1-11-8-16-17(9-12(11)2)21-18(22-3)10-15(20-16)13-4-6-14(19)7-5-13/h4-9H,10H2,1-3H3. The summed E-state index contributed by atoms with van der Waals surface area (Å²) < 4.78 is 13.1. The predicted octanol–water partition coefficient (Wildman–Crippen LogP) is 5.36. The zero-order valence-electron chi connectivity index (χ0n) is 12.9. The summed E-state index contributed by atoms with van der Waals surface area (Å²) in [6.45, 7) is 4.16. The largest absolute Gasteiger partial charge is 0.250 e. The molecule has 0 radical (unpaired) electrons. The average molecular weight is 312 g/mol. The van der Waals surface area contributed by atoms with Crippen LogP contribution in [0.2, 0.25) is 0 Å². The normalized spacial score (nSPS) is 14.0. The van der Waals surface area contributed by atoms with Crippen molar-refractivity contribution in [1.29, 1.82) is 0 Å². The van der Waals surface area contributed by atoms with Crippen LogP contribution in [0.4, 0.5) is 15.8 Å². The van der Waals surface area contributed by atoms with Gasteiger partial charge in [0.05, 0.1) is 22.1 Å². The van der Waals surface area contributed by atoms with Gasteiger partial charge in [-0.1, -0.05) is 12.1 Å². The van der Waals surface area contributed by atoms with Crippen molar-refractivity contribution in [2.45, 2.75) is 20.3 Å². The van der Waals surface area contributed by atoms with E-state index in [1.807, 2.05) is 6.26 Å². The topological polar surface area (TPSA) is 24.7 Å². The van der Waals surface area contributed by atoms with Gasteiger partial charge in [0.2, 0.25) is 0 Å². The minimum atomic E-state index is -0.233. The smallest absolute Gasteiger partial charge is 0.123 e. The van der Waals surface area contributed by atoms with Crippen molar-refractivity contribution < 1.29 is 4.39 Å². The van der Waals surface area contributed by atoms with Gasteiger partial charge in [-0.2, -0.15) is 0 Å². The highest BCUT2D eigenvalue weighted by atomic mass is 32.2. The lowest BCUT2D eigenvalue weighted by atomic mass is 10.1. The van der Waals surface area contributed by atoms with E-state index in [0.29, 0.717) is 6.42 Å². The third-order valence-corrected chi connectivity index (χ3v) is 4.53. The van der Waals surface area contributed by atoms with Crippen LogP contribution in [-0.2, 0) is 0 Å². The van der Waals surface area contributed by atoms with Gasteiger partial charge >= 0.3 is 0 Å². The third kappa shape index (κ3) is 2.97. The number of aryl methyl sites for hydroxylation is 2. The Morgan fingerprint density at radius 2 is 1.55 bits per heavy atom. The summed E-state index contributed by atoms with van der Waals surface area (Å²) in [7, 11) is 0. The van der Waals surface area contributed by atoms with Gasteiger partial charge in [0.15, 0.2) is 0 Å². The molecule has 0 aliphatic carbocycles. The van der Waals surface area contributed by atoms with Crippen molar-refractivity contribution in [2.24, 2.45) is 9.98 Å². The first kappa shape index (κ1) is 15.0. The number of hydrogen-bond donors (Lipinski definition) is 0. The molecule has 0 unspecified atom stereocenters. The van der Waals surface area contributed by atoms with E-state index in [1.165, 1.54) is 23.3 Å². The van der Waals surface area contributed by atoms with Gasteiger partial charge in [-0.15, -0.1) is 11.8 Å². The molecule has 1 heterocycles. The first-order valence-electron chi connectivity index (χ1n) is 7.13. The SMILES string of the molecule is CSC1=Nc2cc(C)c(C)cc2N=C(c2ccc(F)cc2)C1. The maximum absolute atomic E-state index is 13.1. The zero-order valence-corrected chi connectivity index (χ0v) is 13.7. The molecule has 0 atom stereocenters. The summed E-state index contributed by atoms with van der Waals surface area (Å²) in [6, 6.07) is 10.6. The molecule has 0 N–H and O–H groups in total. The maximum atomic E-state index is 13.1. The molecule has 112 valence electrons. The van der Waals surface area contributed by atoms with Gasteiger partial charge in [-0.05, 0) is 61.1 Å². The average Bonchev–Trinajstić information content (AvgIpc) is 2.68. The fourth-order valence-electron chi connectivity index (χ4n) is 2.39. The Bertz CT molecular complexity index is 776. The molecule has 0 spiro atoms. The van der Waals surface area contributed by atoms with E-state index < -0.39 is 0 Å². The first-order valence-corrected chi connectivity index (χ1v) is 8.35. The van der Waals surface area contributed by atoms with E-state index in [9.17, 15) is 4.39 Å². The van der Waals surface area contributed by atoms with E-state index in [1.54, 1.807) is 23.9 Å². The van der Waals surface area contributed by atoms with Crippen molar-refractivity contribution in [1.82, 2.24) is 0 Å². The van der Waals surface area contributed by atoms with Gasteiger partial charge < -0.3 is 0 Å². The van der Waals surface area contributed by atoms with Gasteiger partial charge in [0, 0.05) is 6.42 Å². The van der Waals surface area contributed by atoms with Crippen LogP contribution in [0, 0.1) is 19.7 Å². The molecular weight excluding hydrogens is 295 g/mol. The lowest BCUT2D eigenvalue weighted by Gasteiger charge is -2.06. The van der Waals surface area contributed by atoms with E-state index >= 15 is 0 Å². The van der Waals surface area contributed by atoms with Crippen LogP contribution in [0.15, 0.2) is 46.4 Å². The lowest BCUT2D eigenvalue weighted by Crippen LogP contribution is -2.05. The number of thioether (sulfide) groups is 1. The molecule has 2 aromatic rings. The first-order chi connectivity index (χ1) is 10.6. The van der Waals surface area contributed by atoms with Crippen molar-refractivity contribution in [2.75, 3.05) is 6.26 Å². The molecule has 0 amide bonds. The molecule has 2 aromatic carbocycles. The molecule has 0 bridgehead atoms. The Hall–Kier alpha value is -1.94. The Labute approximate surface area is 134 Å². The van der Waals surface area contributed by atoms with Crippen LogP contribution in [0.1, 0.15) is 23.1 Å². The third-order valence-electron chi connectivity index (χ3n) is 3.82. The fourth-order valence-corrected chi connectivity index (χ4v) is 2.86. The number of rotatable bonds is 1. The van der Waals surface area contributed by atoms with Crippen LogP contribution >= 0.6 is 11.8 Å². The molecule has 4 heteroatoms. The maximum Gasteiger partial charge on any atom is 0.123 e. The fraction of sp³-hybridized carbons (Fsp3) is 0.222. The highest BCUT2D eigenvalue weighted by molar-refractivity contribution is 8.13. The van der Waals surface area contributed by atoms with Crippen molar-refractivity contribution in [3.05, 3.63) is 58.9 Å². The Kier molecular flexibility index (Phi) is 4.12. The zero-order chi connectivity index (χ0) is 15.7. The number of halogens is 1. The quantitative estimate of drug-likeness (QED) is 0.695. The minimum absolute atomic E-state index is 0.233. The van der Waals surface area contributed by atoms with Crippen molar-refractivity contribution >= 4 is 33.9 Å². The van der Waals surface area contributed by atoms with Crippen molar-refractivity contribution in [3.8, 4) is 0 Å². The molecule has 3 rings (SSSR count). The van der Waals surface area contributed by atoms with Crippen LogP contribution in [0.25, 0.3) is 0 Å². The van der Waals surface area contributed by atoms with Crippen LogP contribution in [0.5, 0.6) is 0 Å². The highest BCUT2D eigenvalue weighted by Gasteiger charge is 2.15. The second-order valence-electron chi connectivity index (χ2n) is 5.38. The second kappa shape index (κ2) is 6.05. The molecule has 22 heavy (non-hydrogen) atoms. The Morgan fingerprint density at radius 1 is 0.955 bits per heavy atom. The van der Waals surface area contributed by atoms with E-state index in [0.717, 1.165) is 27.7 Å². The lowest BCUT2D eigenvalue weighted by molar-refractivity contribution is 0.628. The van der Waals surface area contributed by atoms with E-state index in [4.69, 9.17) is 9.98 Å². The molecule has 0 aromatic heterocycles. The van der Waals surface area contributed by atoms with Crippen LogP contribution < -0.4 is 0 Å². The number of fused-ring (bicyclic) bond motifs is 1. The monoisotopic (exact) mass is 312 g/mol. The summed E-state index contributed by atoms with van der Waals surface area (Å²) in [5.74, 6) is -0.233. The summed E-state index contributed by atoms with van der Waals surface area (Å²) in [5, 5.41) is 1.02. The van der Waals surface area contributed by atoms with Crippen LogP contribution in [0.3, 0.4) is 0 Å². The second-order valence-corrected chi connectivity index (χ2v) is 6.26. The number of hydrogen-bond acceptors (Lipinski definition) is 3. The Morgan fingerprint density at radius 3 is 2.14 bits per heavy atom. The molecule has 0 saturated carbocycles. The van der Waals surface area contributed by atoms with Gasteiger partial charge in [-0.3, -0.25) is 4.99 Å². The summed E-state index contributed by atoms with van der Waals surface area (Å²) >= 11 is 1.63. The predicted molar refractivity (Wildman–Crippen MR) is 93.7 cm³/mol. The van der Waals surface area contributed by atoms with Gasteiger partial charge in [-0.25, -0.2) is 9.38 Å². The molecule has 1 aliphatic rings. The molecule has 2 nitrogen and oxygen atoms in total. The van der Waals surface area contributed by atoms with Gasteiger partial charge in [0.25, 0.3) is 0 Å².